The fourth-order valence-corrected chi connectivity index (χ4v) is 1.05. The Morgan fingerprint density at radius 3 is 2.40 bits per heavy atom. The highest BCUT2D eigenvalue weighted by atomic mass is 19.4. The van der Waals surface area contributed by atoms with Gasteiger partial charge < -0.3 is 4.74 Å². The molecule has 0 saturated heterocycles. The zero-order valence-corrected chi connectivity index (χ0v) is 7.56. The van der Waals surface area contributed by atoms with E-state index in [0.717, 1.165) is 25.3 Å². The van der Waals surface area contributed by atoms with Crippen LogP contribution in [0.5, 0.6) is 5.75 Å². The van der Waals surface area contributed by atoms with E-state index >= 15 is 0 Å². The van der Waals surface area contributed by atoms with Crippen molar-refractivity contribution in [3.05, 3.63) is 29.6 Å². The Bertz CT molecular complexity index is 384. The van der Waals surface area contributed by atoms with Crippen molar-refractivity contribution in [1.29, 1.82) is 0 Å². The molecule has 1 aromatic rings. The van der Waals surface area contributed by atoms with Crippen LogP contribution in [-0.4, -0.2) is 19.1 Å². The number of Topliss-reactive ketones (excluding diaryl/α,β-unsaturated/α-hetero) is 1. The maximum atomic E-state index is 13.0. The summed E-state index contributed by atoms with van der Waals surface area (Å²) in [7, 11) is 0.992. The molecule has 0 aliphatic carbocycles. The Labute approximate surface area is 82.5 Å². The molecule has 0 amide bonds. The van der Waals surface area contributed by atoms with Crippen LogP contribution in [0.4, 0.5) is 17.6 Å². The first-order valence-corrected chi connectivity index (χ1v) is 3.82. The molecule has 0 aliphatic rings. The van der Waals surface area contributed by atoms with E-state index in [0.29, 0.717) is 0 Å². The van der Waals surface area contributed by atoms with E-state index < -0.39 is 29.1 Å². The van der Waals surface area contributed by atoms with Gasteiger partial charge in [0.25, 0.3) is 5.78 Å². The van der Waals surface area contributed by atoms with Crippen LogP contribution in [0.15, 0.2) is 18.2 Å². The van der Waals surface area contributed by atoms with Crippen LogP contribution < -0.4 is 4.74 Å². The van der Waals surface area contributed by atoms with Gasteiger partial charge in [0.2, 0.25) is 0 Å². The summed E-state index contributed by atoms with van der Waals surface area (Å²) in [5, 5.41) is 0. The van der Waals surface area contributed by atoms with Gasteiger partial charge in [-0.25, -0.2) is 4.39 Å². The molecule has 0 N–H and O–H groups in total. The van der Waals surface area contributed by atoms with Gasteiger partial charge in [-0.1, -0.05) is 6.07 Å². The first kappa shape index (κ1) is 11.5. The number of benzene rings is 1. The minimum atomic E-state index is -5.04. The highest BCUT2D eigenvalue weighted by molar-refractivity contribution is 6.02. The van der Waals surface area contributed by atoms with E-state index in [4.69, 9.17) is 0 Å². The maximum Gasteiger partial charge on any atom is 0.455 e. The summed E-state index contributed by atoms with van der Waals surface area (Å²) in [6.45, 7) is 0. The van der Waals surface area contributed by atoms with Crippen molar-refractivity contribution in [2.45, 2.75) is 6.18 Å². The van der Waals surface area contributed by atoms with Gasteiger partial charge >= 0.3 is 6.18 Å². The predicted octanol–water partition coefficient (Wildman–Crippen LogP) is 2.58. The van der Waals surface area contributed by atoms with Gasteiger partial charge in [0.05, 0.1) is 12.7 Å². The van der Waals surface area contributed by atoms with Crippen molar-refractivity contribution in [2.24, 2.45) is 0 Å². The molecule has 0 saturated carbocycles. The number of alkyl halides is 3. The average Bonchev–Trinajstić information content (AvgIpc) is 2.14. The third-order valence-electron chi connectivity index (χ3n) is 1.67. The molecular formula is C9H6F4O2. The van der Waals surface area contributed by atoms with Crippen LogP contribution in [0.1, 0.15) is 10.4 Å². The molecule has 0 atom stereocenters. The third kappa shape index (κ3) is 2.26. The van der Waals surface area contributed by atoms with Crippen molar-refractivity contribution in [2.75, 3.05) is 7.11 Å². The molecule has 0 spiro atoms. The lowest BCUT2D eigenvalue weighted by Gasteiger charge is -2.09. The number of para-hydroxylation sites is 1. The van der Waals surface area contributed by atoms with Gasteiger partial charge in [-0.05, 0) is 12.1 Å². The third-order valence-corrected chi connectivity index (χ3v) is 1.67. The smallest absolute Gasteiger partial charge is 0.455 e. The van der Waals surface area contributed by atoms with Crippen molar-refractivity contribution < 1.29 is 27.1 Å². The number of carbonyl (C=O) groups excluding carboxylic acids is 1. The minimum absolute atomic E-state index is 0.695. The topological polar surface area (TPSA) is 26.3 Å². The molecule has 0 fully saturated rings. The van der Waals surface area contributed by atoms with E-state index in [9.17, 15) is 22.4 Å². The highest BCUT2D eigenvalue weighted by Gasteiger charge is 2.41. The molecule has 15 heavy (non-hydrogen) atoms. The van der Waals surface area contributed by atoms with Crippen LogP contribution >= 0.6 is 0 Å². The van der Waals surface area contributed by atoms with Crippen molar-refractivity contribution in [3.63, 3.8) is 0 Å². The zero-order chi connectivity index (χ0) is 11.6. The number of halogens is 4. The lowest BCUT2D eigenvalue weighted by Crippen LogP contribution is -2.23. The molecule has 0 heterocycles. The average molecular weight is 222 g/mol. The largest absolute Gasteiger partial charge is 0.493 e. The van der Waals surface area contributed by atoms with Gasteiger partial charge in [-0.2, -0.15) is 13.2 Å². The van der Waals surface area contributed by atoms with Crippen LogP contribution in [0.25, 0.3) is 0 Å². The molecule has 0 aromatic heterocycles. The van der Waals surface area contributed by atoms with E-state index in [1.54, 1.807) is 0 Å². The van der Waals surface area contributed by atoms with Crippen LogP contribution in [0.2, 0.25) is 0 Å². The lowest BCUT2D eigenvalue weighted by molar-refractivity contribution is -0.0886. The van der Waals surface area contributed by atoms with E-state index in [-0.39, 0.29) is 0 Å². The Morgan fingerprint density at radius 1 is 1.33 bits per heavy atom. The van der Waals surface area contributed by atoms with Gasteiger partial charge in [-0.15, -0.1) is 0 Å². The van der Waals surface area contributed by atoms with Gasteiger partial charge in [-0.3, -0.25) is 4.79 Å². The number of hydrogen-bond acceptors (Lipinski definition) is 2. The maximum absolute atomic E-state index is 13.0. The van der Waals surface area contributed by atoms with Crippen molar-refractivity contribution in [1.82, 2.24) is 0 Å². The summed E-state index contributed by atoms with van der Waals surface area (Å²) in [6, 6.07) is 2.78. The summed E-state index contributed by atoms with van der Waals surface area (Å²) in [5.41, 5.74) is -0.829. The van der Waals surface area contributed by atoms with Gasteiger partial charge in [0.1, 0.15) is 0 Å². The van der Waals surface area contributed by atoms with E-state index in [1.807, 2.05) is 0 Å². The van der Waals surface area contributed by atoms with Gasteiger partial charge in [0, 0.05) is 0 Å². The first-order valence-electron chi connectivity index (χ1n) is 3.82. The zero-order valence-electron chi connectivity index (χ0n) is 7.56. The second-order valence-corrected chi connectivity index (χ2v) is 2.65. The molecule has 6 heteroatoms. The number of rotatable bonds is 2. The molecule has 0 unspecified atom stereocenters. The van der Waals surface area contributed by atoms with E-state index in [2.05, 4.69) is 4.74 Å². The number of hydrogen-bond donors (Lipinski definition) is 0. The standard InChI is InChI=1S/C9H6F4O2/c1-15-7-5(3-2-4-6(7)10)8(14)9(11,12)13/h2-4H,1H3. The fourth-order valence-electron chi connectivity index (χ4n) is 1.05. The monoisotopic (exact) mass is 222 g/mol. The second kappa shape index (κ2) is 3.88. The number of ketones is 1. The summed E-state index contributed by atoms with van der Waals surface area (Å²) in [5.74, 6) is -3.83. The predicted molar refractivity (Wildman–Crippen MR) is 43.3 cm³/mol. The first-order chi connectivity index (χ1) is 6.88. The Balaban J connectivity index is 3.26. The summed E-state index contributed by atoms with van der Waals surface area (Å²) < 4.78 is 53.5. The molecular weight excluding hydrogens is 216 g/mol. The van der Waals surface area contributed by atoms with Crippen LogP contribution in [-0.2, 0) is 0 Å². The lowest BCUT2D eigenvalue weighted by atomic mass is 10.1. The summed E-state index contributed by atoms with van der Waals surface area (Å²) in [6.07, 6.45) is -5.04. The van der Waals surface area contributed by atoms with Crippen LogP contribution in [0, 0.1) is 5.82 Å². The molecule has 82 valence electrons. The summed E-state index contributed by atoms with van der Waals surface area (Å²) in [4.78, 5) is 10.8. The fraction of sp³-hybridized carbons (Fsp3) is 0.222. The molecule has 1 rings (SSSR count). The van der Waals surface area contributed by atoms with Gasteiger partial charge in [0.15, 0.2) is 11.6 Å². The number of ether oxygens (including phenoxy) is 1. The normalized spacial score (nSPS) is 11.3. The Kier molecular flexibility index (Phi) is 2.97. The van der Waals surface area contributed by atoms with E-state index in [1.165, 1.54) is 0 Å². The quantitative estimate of drug-likeness (QED) is 0.567. The number of methoxy groups -OCH3 is 1. The number of carbonyl (C=O) groups is 1. The van der Waals surface area contributed by atoms with Crippen molar-refractivity contribution in [3.8, 4) is 5.75 Å². The second-order valence-electron chi connectivity index (χ2n) is 2.65. The van der Waals surface area contributed by atoms with Crippen LogP contribution in [0.3, 0.4) is 0 Å². The highest BCUT2D eigenvalue weighted by Crippen LogP contribution is 2.29. The molecule has 2 nitrogen and oxygen atoms in total. The Hall–Kier alpha value is -1.59. The molecule has 1 aromatic carbocycles. The Morgan fingerprint density at radius 2 is 1.93 bits per heavy atom. The van der Waals surface area contributed by atoms with Crippen molar-refractivity contribution >= 4 is 5.78 Å². The molecule has 0 bridgehead atoms. The summed E-state index contributed by atoms with van der Waals surface area (Å²) >= 11 is 0. The SMILES string of the molecule is COc1c(F)cccc1C(=O)C(F)(F)F. The minimum Gasteiger partial charge on any atom is -0.493 e. The molecule has 0 radical (unpaired) electrons. The molecule has 0 aliphatic heterocycles.